The molecule has 0 aromatic heterocycles. The summed E-state index contributed by atoms with van der Waals surface area (Å²) in [6.45, 7) is -0.242. The first-order valence-electron chi connectivity index (χ1n) is 9.76. The van der Waals surface area contributed by atoms with Gasteiger partial charge in [0.25, 0.3) is 11.8 Å². The molecule has 2 amide bonds. The van der Waals surface area contributed by atoms with E-state index in [0.717, 1.165) is 36.1 Å². The first kappa shape index (κ1) is 22.0. The Balaban J connectivity index is 1.31. The molecule has 0 unspecified atom stereocenters. The van der Waals surface area contributed by atoms with Gasteiger partial charge in [-0.15, -0.1) is 0 Å². The van der Waals surface area contributed by atoms with E-state index in [1.165, 1.54) is 6.08 Å². The Morgan fingerprint density at radius 2 is 1.66 bits per heavy atom. The lowest BCUT2D eigenvalue weighted by Crippen LogP contribution is -2.43. The number of nitrogens with one attached hydrogen (secondary N) is 2. The third-order valence-electron chi connectivity index (χ3n) is 4.80. The summed E-state index contributed by atoms with van der Waals surface area (Å²) in [6.07, 6.45) is 3.09. The van der Waals surface area contributed by atoms with Crippen LogP contribution in [0.4, 0.5) is 0 Å². The number of fused-ring (bicyclic) bond motifs is 2. The number of hydrogen-bond donors (Lipinski definition) is 2. The van der Waals surface area contributed by atoms with Crippen LogP contribution in [-0.2, 0) is 9.59 Å². The van der Waals surface area contributed by atoms with Crippen LogP contribution in [0, 0.1) is 0 Å². The van der Waals surface area contributed by atoms with E-state index in [0.29, 0.717) is 5.75 Å². The van der Waals surface area contributed by atoms with Crippen molar-refractivity contribution in [3.05, 3.63) is 93.4 Å². The monoisotopic (exact) mass is 552 g/mol. The molecule has 0 heterocycles. The fraction of sp³-hybridized carbons (Fsp3) is 0.0400. The Kier molecular flexibility index (Phi) is 6.87. The lowest BCUT2D eigenvalue weighted by Gasteiger charge is -2.11. The van der Waals surface area contributed by atoms with Crippen LogP contribution in [0.1, 0.15) is 5.56 Å². The van der Waals surface area contributed by atoms with Gasteiger partial charge < -0.3 is 4.74 Å². The Morgan fingerprint density at radius 3 is 2.53 bits per heavy atom. The molecular formula is C25H18Br2N2O3. The molecule has 160 valence electrons. The van der Waals surface area contributed by atoms with Crippen LogP contribution in [0.2, 0.25) is 0 Å². The average molecular weight is 554 g/mol. The van der Waals surface area contributed by atoms with Crippen LogP contribution in [-0.4, -0.2) is 18.4 Å². The molecule has 32 heavy (non-hydrogen) atoms. The molecule has 0 spiro atoms. The van der Waals surface area contributed by atoms with Gasteiger partial charge in [0.15, 0.2) is 6.61 Å². The van der Waals surface area contributed by atoms with E-state index in [2.05, 4.69) is 42.7 Å². The third kappa shape index (κ3) is 5.18. The minimum Gasteiger partial charge on any atom is -0.483 e. The maximum absolute atomic E-state index is 12.1. The number of carbonyl (C=O) groups is 2. The Morgan fingerprint density at radius 1 is 0.844 bits per heavy atom. The first-order valence-corrected chi connectivity index (χ1v) is 11.3. The van der Waals surface area contributed by atoms with E-state index in [9.17, 15) is 9.59 Å². The lowest BCUT2D eigenvalue weighted by atomic mass is 10.0. The molecule has 2 N–H and O–H groups in total. The molecule has 0 bridgehead atoms. The van der Waals surface area contributed by atoms with Crippen molar-refractivity contribution in [2.75, 3.05) is 6.61 Å². The topological polar surface area (TPSA) is 67.4 Å². The summed E-state index contributed by atoms with van der Waals surface area (Å²) in [7, 11) is 0. The molecule has 4 aromatic carbocycles. The van der Waals surface area contributed by atoms with E-state index in [1.807, 2.05) is 66.7 Å². The third-order valence-corrected chi connectivity index (χ3v) is 6.11. The van der Waals surface area contributed by atoms with Gasteiger partial charge in [0.1, 0.15) is 5.75 Å². The predicted molar refractivity (Wildman–Crippen MR) is 134 cm³/mol. The van der Waals surface area contributed by atoms with Gasteiger partial charge in [-0.1, -0.05) is 70.5 Å². The van der Waals surface area contributed by atoms with Gasteiger partial charge >= 0.3 is 0 Å². The highest BCUT2D eigenvalue weighted by molar-refractivity contribution is 9.11. The average Bonchev–Trinajstić information content (AvgIpc) is 2.80. The second kappa shape index (κ2) is 9.97. The number of amides is 2. The van der Waals surface area contributed by atoms with Crippen molar-refractivity contribution >= 4 is 71.3 Å². The summed E-state index contributed by atoms with van der Waals surface area (Å²) in [5, 5.41) is 4.14. The molecule has 7 heteroatoms. The van der Waals surface area contributed by atoms with Gasteiger partial charge in [0, 0.05) is 10.5 Å². The molecule has 0 aliphatic rings. The smallest absolute Gasteiger partial charge is 0.276 e. The van der Waals surface area contributed by atoms with Crippen molar-refractivity contribution in [1.82, 2.24) is 10.9 Å². The number of rotatable bonds is 5. The van der Waals surface area contributed by atoms with Gasteiger partial charge in [0.05, 0.1) is 4.47 Å². The van der Waals surface area contributed by atoms with Crippen molar-refractivity contribution in [3.8, 4) is 5.75 Å². The number of carbonyl (C=O) groups excluding carboxylic acids is 2. The molecule has 4 rings (SSSR count). The van der Waals surface area contributed by atoms with Gasteiger partial charge in [-0.05, 0) is 67.3 Å². The second-order valence-corrected chi connectivity index (χ2v) is 8.68. The van der Waals surface area contributed by atoms with E-state index < -0.39 is 11.8 Å². The van der Waals surface area contributed by atoms with Crippen LogP contribution in [0.5, 0.6) is 5.75 Å². The number of hydrazine groups is 1. The highest BCUT2D eigenvalue weighted by Gasteiger charge is 2.09. The maximum Gasteiger partial charge on any atom is 0.276 e. The highest BCUT2D eigenvalue weighted by atomic mass is 79.9. The SMILES string of the molecule is O=C(C=Cc1cccc2ccccc12)NNC(=O)COc1ccc2cc(Br)ccc2c1Br. The summed E-state index contributed by atoms with van der Waals surface area (Å²) < 4.78 is 7.35. The van der Waals surface area contributed by atoms with E-state index in [4.69, 9.17) is 4.74 Å². The predicted octanol–water partition coefficient (Wildman–Crippen LogP) is 5.76. The molecule has 5 nitrogen and oxygen atoms in total. The van der Waals surface area contributed by atoms with Gasteiger partial charge in [-0.3, -0.25) is 20.4 Å². The molecular weight excluding hydrogens is 536 g/mol. The van der Waals surface area contributed by atoms with E-state index >= 15 is 0 Å². The number of halogens is 2. The minimum absolute atomic E-state index is 0.242. The standard InChI is InChI=1S/C25H18Br2N2O3/c26-19-10-11-21-18(14-19)8-12-22(25(21)27)32-15-24(31)29-28-23(30)13-9-17-6-3-5-16-4-1-2-7-20(16)17/h1-14H,15H2,(H,28,30)(H,29,31). The molecule has 0 saturated carbocycles. The summed E-state index contributed by atoms with van der Waals surface area (Å²) >= 11 is 6.98. The quantitative estimate of drug-likeness (QED) is 0.244. The largest absolute Gasteiger partial charge is 0.483 e. The highest BCUT2D eigenvalue weighted by Crippen LogP contribution is 2.34. The first-order chi connectivity index (χ1) is 15.5. The van der Waals surface area contributed by atoms with Crippen LogP contribution in [0.15, 0.2) is 87.8 Å². The number of ether oxygens (including phenoxy) is 1. The van der Waals surface area contributed by atoms with Gasteiger partial charge in [0.2, 0.25) is 0 Å². The van der Waals surface area contributed by atoms with E-state index in [-0.39, 0.29) is 6.61 Å². The lowest BCUT2D eigenvalue weighted by molar-refractivity contribution is -0.128. The van der Waals surface area contributed by atoms with Crippen molar-refractivity contribution in [3.63, 3.8) is 0 Å². The van der Waals surface area contributed by atoms with Crippen molar-refractivity contribution < 1.29 is 14.3 Å². The van der Waals surface area contributed by atoms with Crippen molar-refractivity contribution in [2.45, 2.75) is 0 Å². The van der Waals surface area contributed by atoms with Crippen LogP contribution in [0.3, 0.4) is 0 Å². The second-order valence-electron chi connectivity index (χ2n) is 6.97. The maximum atomic E-state index is 12.1. The zero-order chi connectivity index (χ0) is 22.5. The zero-order valence-electron chi connectivity index (χ0n) is 16.8. The number of benzene rings is 4. The molecule has 0 saturated heterocycles. The van der Waals surface area contributed by atoms with Gasteiger partial charge in [-0.25, -0.2) is 0 Å². The van der Waals surface area contributed by atoms with Crippen LogP contribution < -0.4 is 15.6 Å². The van der Waals surface area contributed by atoms with Crippen molar-refractivity contribution in [2.24, 2.45) is 0 Å². The molecule has 0 aliphatic carbocycles. The fourth-order valence-electron chi connectivity index (χ4n) is 3.27. The number of hydrogen-bond acceptors (Lipinski definition) is 3. The molecule has 0 radical (unpaired) electrons. The van der Waals surface area contributed by atoms with E-state index in [1.54, 1.807) is 12.1 Å². The Labute approximate surface area is 201 Å². The van der Waals surface area contributed by atoms with Crippen molar-refractivity contribution in [1.29, 1.82) is 0 Å². The molecule has 0 aliphatic heterocycles. The van der Waals surface area contributed by atoms with Gasteiger partial charge in [-0.2, -0.15) is 0 Å². The summed E-state index contributed by atoms with van der Waals surface area (Å²) in [4.78, 5) is 24.2. The van der Waals surface area contributed by atoms with Crippen LogP contribution >= 0.6 is 31.9 Å². The van der Waals surface area contributed by atoms with Crippen LogP contribution in [0.25, 0.3) is 27.6 Å². The molecule has 4 aromatic rings. The zero-order valence-corrected chi connectivity index (χ0v) is 19.9. The molecule has 0 fully saturated rings. The minimum atomic E-state index is -0.472. The summed E-state index contributed by atoms with van der Waals surface area (Å²) in [6, 6.07) is 23.4. The summed E-state index contributed by atoms with van der Waals surface area (Å²) in [5.41, 5.74) is 5.64. The summed E-state index contributed by atoms with van der Waals surface area (Å²) in [5.74, 6) is -0.374. The Bertz CT molecular complexity index is 1350. The fourth-order valence-corrected chi connectivity index (χ4v) is 4.25. The molecule has 0 atom stereocenters. The Hall–Kier alpha value is -3.16. The normalized spacial score (nSPS) is 11.1.